The van der Waals surface area contributed by atoms with Gasteiger partial charge in [0.05, 0.1) is 17.4 Å². The van der Waals surface area contributed by atoms with E-state index >= 15 is 0 Å². The summed E-state index contributed by atoms with van der Waals surface area (Å²) in [7, 11) is 0. The fourth-order valence-electron chi connectivity index (χ4n) is 2.97. The molecule has 0 aromatic carbocycles. The summed E-state index contributed by atoms with van der Waals surface area (Å²) in [5.41, 5.74) is 2.88. The van der Waals surface area contributed by atoms with Crippen molar-refractivity contribution in [1.29, 1.82) is 0 Å². The third kappa shape index (κ3) is 2.70. The van der Waals surface area contributed by atoms with Crippen LogP contribution in [0.3, 0.4) is 0 Å². The zero-order chi connectivity index (χ0) is 15.0. The molecule has 0 bridgehead atoms. The minimum Gasteiger partial charge on any atom is -0.351 e. The molecule has 1 atom stereocenters. The number of hydrogen-bond acceptors (Lipinski definition) is 4. The summed E-state index contributed by atoms with van der Waals surface area (Å²) in [4.78, 5) is 14.3. The van der Waals surface area contributed by atoms with E-state index in [0.29, 0.717) is 12.3 Å². The molecule has 0 spiro atoms. The first-order valence-corrected chi connectivity index (χ1v) is 7.30. The Morgan fingerprint density at radius 1 is 1.29 bits per heavy atom. The zero-order valence-electron chi connectivity index (χ0n) is 12.7. The van der Waals surface area contributed by atoms with Crippen LogP contribution in [-0.2, 0) is 0 Å². The number of rotatable bonds is 2. The van der Waals surface area contributed by atoms with Crippen molar-refractivity contribution >= 4 is 5.91 Å². The van der Waals surface area contributed by atoms with Crippen LogP contribution in [0.25, 0.3) is 0 Å². The van der Waals surface area contributed by atoms with E-state index in [1.807, 2.05) is 23.4 Å². The predicted octanol–water partition coefficient (Wildman–Crippen LogP) is 2.27. The molecule has 0 N–H and O–H groups in total. The standard InChI is InChI=1S/C15H20N4O2/c1-10-7-12(3)19(16-10)13-5-4-6-18(9-13)15(20)14-8-11(2)17-21-14/h7-8,13H,4-6,9H2,1-3H3/t13-/m0/s1. The lowest BCUT2D eigenvalue weighted by molar-refractivity contribution is 0.0630. The second kappa shape index (κ2) is 5.35. The van der Waals surface area contributed by atoms with Crippen LogP contribution in [0.2, 0.25) is 0 Å². The third-order valence-corrected chi connectivity index (χ3v) is 3.91. The van der Waals surface area contributed by atoms with Gasteiger partial charge in [-0.05, 0) is 39.7 Å². The highest BCUT2D eigenvalue weighted by atomic mass is 16.5. The molecule has 0 saturated carbocycles. The molecule has 21 heavy (non-hydrogen) atoms. The van der Waals surface area contributed by atoms with E-state index in [9.17, 15) is 4.79 Å². The number of piperidine rings is 1. The largest absolute Gasteiger partial charge is 0.351 e. The average Bonchev–Trinajstić information content (AvgIpc) is 3.04. The van der Waals surface area contributed by atoms with Crippen LogP contribution in [0.1, 0.15) is 46.5 Å². The summed E-state index contributed by atoms with van der Waals surface area (Å²) in [5.74, 6) is 0.239. The van der Waals surface area contributed by atoms with Gasteiger partial charge in [-0.2, -0.15) is 5.10 Å². The van der Waals surface area contributed by atoms with Gasteiger partial charge in [0.25, 0.3) is 5.91 Å². The van der Waals surface area contributed by atoms with E-state index in [-0.39, 0.29) is 11.9 Å². The summed E-state index contributed by atoms with van der Waals surface area (Å²) in [6.45, 7) is 7.29. The Balaban J connectivity index is 1.77. The van der Waals surface area contributed by atoms with Crippen LogP contribution in [-0.4, -0.2) is 38.8 Å². The molecule has 6 nitrogen and oxygen atoms in total. The Hall–Kier alpha value is -2.11. The lowest BCUT2D eigenvalue weighted by Crippen LogP contribution is -2.41. The maximum Gasteiger partial charge on any atom is 0.292 e. The normalized spacial score (nSPS) is 19.0. The van der Waals surface area contributed by atoms with Crippen molar-refractivity contribution in [3.63, 3.8) is 0 Å². The maximum absolute atomic E-state index is 12.4. The second-order valence-electron chi connectivity index (χ2n) is 5.75. The Morgan fingerprint density at radius 2 is 2.10 bits per heavy atom. The Morgan fingerprint density at radius 3 is 2.71 bits per heavy atom. The monoisotopic (exact) mass is 288 g/mol. The molecule has 112 valence electrons. The van der Waals surface area contributed by atoms with Gasteiger partial charge in [0, 0.05) is 24.8 Å². The predicted molar refractivity (Wildman–Crippen MR) is 77.1 cm³/mol. The van der Waals surface area contributed by atoms with Crippen LogP contribution in [0.15, 0.2) is 16.7 Å². The quantitative estimate of drug-likeness (QED) is 0.850. The van der Waals surface area contributed by atoms with Crippen LogP contribution < -0.4 is 0 Å². The summed E-state index contributed by atoms with van der Waals surface area (Å²) in [5, 5.41) is 8.33. The van der Waals surface area contributed by atoms with Crippen LogP contribution in [0.4, 0.5) is 0 Å². The van der Waals surface area contributed by atoms with Gasteiger partial charge >= 0.3 is 0 Å². The Kier molecular flexibility index (Phi) is 3.53. The third-order valence-electron chi connectivity index (χ3n) is 3.91. The van der Waals surface area contributed by atoms with Crippen molar-refractivity contribution in [3.05, 3.63) is 35.0 Å². The molecule has 1 amide bonds. The molecule has 1 aliphatic heterocycles. The molecule has 3 heterocycles. The number of carbonyl (C=O) groups is 1. The summed E-state index contributed by atoms with van der Waals surface area (Å²) in [6, 6.07) is 4.00. The van der Waals surface area contributed by atoms with E-state index in [0.717, 1.165) is 36.5 Å². The Bertz CT molecular complexity index is 658. The van der Waals surface area contributed by atoms with Crippen molar-refractivity contribution in [3.8, 4) is 0 Å². The molecule has 1 fully saturated rings. The summed E-state index contributed by atoms with van der Waals surface area (Å²) in [6.07, 6.45) is 2.02. The van der Waals surface area contributed by atoms with Crippen LogP contribution in [0.5, 0.6) is 0 Å². The molecule has 2 aromatic rings. The molecule has 1 aliphatic rings. The maximum atomic E-state index is 12.4. The highest BCUT2D eigenvalue weighted by molar-refractivity contribution is 5.91. The van der Waals surface area contributed by atoms with Gasteiger partial charge in [-0.1, -0.05) is 5.16 Å². The van der Waals surface area contributed by atoms with Crippen molar-refractivity contribution in [2.75, 3.05) is 13.1 Å². The first-order chi connectivity index (χ1) is 10.0. The Labute approximate surface area is 123 Å². The zero-order valence-corrected chi connectivity index (χ0v) is 12.7. The van der Waals surface area contributed by atoms with Crippen LogP contribution in [0, 0.1) is 20.8 Å². The number of likely N-dealkylation sites (tertiary alicyclic amines) is 1. The number of carbonyl (C=O) groups excluding carboxylic acids is 1. The fraction of sp³-hybridized carbons (Fsp3) is 0.533. The minimum atomic E-state index is -0.0816. The molecular formula is C15H20N4O2. The van der Waals surface area contributed by atoms with E-state index in [1.54, 1.807) is 6.07 Å². The molecule has 3 rings (SSSR count). The van der Waals surface area contributed by atoms with Gasteiger partial charge in [-0.3, -0.25) is 9.48 Å². The van der Waals surface area contributed by atoms with Gasteiger partial charge in [-0.25, -0.2) is 0 Å². The molecule has 0 aliphatic carbocycles. The summed E-state index contributed by atoms with van der Waals surface area (Å²) < 4.78 is 7.13. The number of aryl methyl sites for hydroxylation is 3. The highest BCUT2D eigenvalue weighted by Gasteiger charge is 2.28. The minimum absolute atomic E-state index is 0.0816. The van der Waals surface area contributed by atoms with Crippen LogP contribution >= 0.6 is 0 Å². The van der Waals surface area contributed by atoms with E-state index < -0.39 is 0 Å². The van der Waals surface area contributed by atoms with Gasteiger partial charge in [0.1, 0.15) is 0 Å². The average molecular weight is 288 g/mol. The first kappa shape index (κ1) is 13.9. The molecule has 2 aromatic heterocycles. The number of nitrogens with zero attached hydrogens (tertiary/aromatic N) is 4. The molecular weight excluding hydrogens is 268 g/mol. The number of aromatic nitrogens is 3. The second-order valence-corrected chi connectivity index (χ2v) is 5.75. The number of amides is 1. The molecule has 0 unspecified atom stereocenters. The van der Waals surface area contributed by atoms with Gasteiger partial charge in [-0.15, -0.1) is 0 Å². The van der Waals surface area contributed by atoms with E-state index in [1.165, 1.54) is 0 Å². The topological polar surface area (TPSA) is 64.2 Å². The SMILES string of the molecule is Cc1cc(C(=O)N2CCC[C@H](n3nc(C)cc3C)C2)on1. The molecule has 6 heteroatoms. The van der Waals surface area contributed by atoms with Gasteiger partial charge in [0.15, 0.2) is 0 Å². The van der Waals surface area contributed by atoms with E-state index in [2.05, 4.69) is 23.2 Å². The van der Waals surface area contributed by atoms with Gasteiger partial charge < -0.3 is 9.42 Å². The smallest absolute Gasteiger partial charge is 0.292 e. The first-order valence-electron chi connectivity index (χ1n) is 7.30. The van der Waals surface area contributed by atoms with Crippen molar-refractivity contribution in [2.45, 2.75) is 39.7 Å². The summed E-state index contributed by atoms with van der Waals surface area (Å²) >= 11 is 0. The highest BCUT2D eigenvalue weighted by Crippen LogP contribution is 2.24. The molecule has 0 radical (unpaired) electrons. The fourth-order valence-corrected chi connectivity index (χ4v) is 2.97. The number of hydrogen-bond donors (Lipinski definition) is 0. The lowest BCUT2D eigenvalue weighted by Gasteiger charge is -2.32. The van der Waals surface area contributed by atoms with Crippen molar-refractivity contribution in [1.82, 2.24) is 19.8 Å². The van der Waals surface area contributed by atoms with E-state index in [4.69, 9.17) is 4.52 Å². The van der Waals surface area contributed by atoms with Crippen molar-refractivity contribution < 1.29 is 9.32 Å². The van der Waals surface area contributed by atoms with Gasteiger partial charge in [0.2, 0.25) is 5.76 Å². The lowest BCUT2D eigenvalue weighted by atomic mass is 10.1. The van der Waals surface area contributed by atoms with Crippen molar-refractivity contribution in [2.24, 2.45) is 0 Å². The molecule has 1 saturated heterocycles.